The van der Waals surface area contributed by atoms with Crippen molar-refractivity contribution < 1.29 is 22.8 Å². The Bertz CT molecular complexity index is 1360. The van der Waals surface area contributed by atoms with Crippen LogP contribution in [0, 0.1) is 10.1 Å². The van der Waals surface area contributed by atoms with Gasteiger partial charge in [-0.2, -0.15) is 5.10 Å². The number of sulfonamides is 1. The molecule has 4 rings (SSSR count). The SMILES string of the molecule is C/C(=N\Nc1ccc([N+](=O)[O-])cc1S(=O)(=O)Nc1ccc(Cl)cc1)c1ccc2c(c1)OCO2. The van der Waals surface area contributed by atoms with Crippen molar-refractivity contribution >= 4 is 44.4 Å². The fraction of sp³-hybridized carbons (Fsp3) is 0.0952. The number of anilines is 2. The number of nitrogens with one attached hydrogen (secondary N) is 2. The summed E-state index contributed by atoms with van der Waals surface area (Å²) in [6.45, 7) is 1.86. The molecule has 33 heavy (non-hydrogen) atoms. The lowest BCUT2D eigenvalue weighted by Gasteiger charge is -2.13. The van der Waals surface area contributed by atoms with Crippen molar-refractivity contribution in [3.63, 3.8) is 0 Å². The van der Waals surface area contributed by atoms with E-state index in [1.165, 1.54) is 36.4 Å². The van der Waals surface area contributed by atoms with Gasteiger partial charge in [0.25, 0.3) is 15.7 Å². The summed E-state index contributed by atoms with van der Waals surface area (Å²) >= 11 is 5.84. The summed E-state index contributed by atoms with van der Waals surface area (Å²) in [4.78, 5) is 10.2. The standard InChI is InChI=1S/C21H17ClN4O6S/c1-13(14-2-9-19-20(10-14)32-12-31-19)23-24-18-8-7-17(26(27)28)11-21(18)33(29,30)25-16-5-3-15(22)4-6-16/h2-11,24-25H,12H2,1H3/b23-13+. The number of benzene rings is 3. The highest BCUT2D eigenvalue weighted by atomic mass is 35.5. The van der Waals surface area contributed by atoms with Crippen molar-refractivity contribution in [2.75, 3.05) is 16.9 Å². The van der Waals surface area contributed by atoms with Crippen molar-refractivity contribution in [1.82, 2.24) is 0 Å². The van der Waals surface area contributed by atoms with Gasteiger partial charge in [-0.05, 0) is 55.5 Å². The second kappa shape index (κ2) is 8.96. The molecule has 0 aliphatic carbocycles. The first-order valence-electron chi connectivity index (χ1n) is 9.50. The van der Waals surface area contributed by atoms with Gasteiger partial charge < -0.3 is 9.47 Å². The third kappa shape index (κ3) is 4.99. The third-order valence-electron chi connectivity index (χ3n) is 4.70. The summed E-state index contributed by atoms with van der Waals surface area (Å²) in [5.74, 6) is 1.20. The molecule has 0 radical (unpaired) electrons. The molecule has 0 aromatic heterocycles. The second-order valence-electron chi connectivity index (χ2n) is 6.93. The fourth-order valence-corrected chi connectivity index (χ4v) is 4.36. The minimum atomic E-state index is -4.20. The maximum absolute atomic E-state index is 13.0. The van der Waals surface area contributed by atoms with Gasteiger partial charge in [-0.3, -0.25) is 20.3 Å². The summed E-state index contributed by atoms with van der Waals surface area (Å²) in [7, 11) is -4.20. The van der Waals surface area contributed by atoms with E-state index in [4.69, 9.17) is 21.1 Å². The van der Waals surface area contributed by atoms with E-state index >= 15 is 0 Å². The molecule has 0 fully saturated rings. The van der Waals surface area contributed by atoms with Crippen LogP contribution in [-0.2, 0) is 10.0 Å². The number of non-ortho nitro benzene ring substituents is 1. The summed E-state index contributed by atoms with van der Waals surface area (Å²) in [5.41, 5.74) is 3.87. The molecule has 0 bridgehead atoms. The Kier molecular flexibility index (Phi) is 6.07. The minimum Gasteiger partial charge on any atom is -0.454 e. The molecule has 0 atom stereocenters. The van der Waals surface area contributed by atoms with Crippen LogP contribution in [0.2, 0.25) is 5.02 Å². The molecule has 2 N–H and O–H groups in total. The third-order valence-corrected chi connectivity index (χ3v) is 6.37. The maximum atomic E-state index is 13.0. The Morgan fingerprint density at radius 2 is 1.79 bits per heavy atom. The highest BCUT2D eigenvalue weighted by Crippen LogP contribution is 2.33. The summed E-state index contributed by atoms with van der Waals surface area (Å²) in [5, 5.41) is 15.9. The number of halogens is 1. The predicted molar refractivity (Wildman–Crippen MR) is 124 cm³/mol. The van der Waals surface area contributed by atoms with Crippen LogP contribution in [0.1, 0.15) is 12.5 Å². The molecule has 170 valence electrons. The Labute approximate surface area is 194 Å². The van der Waals surface area contributed by atoms with E-state index in [0.29, 0.717) is 22.2 Å². The molecule has 1 aliphatic heterocycles. The van der Waals surface area contributed by atoms with Crippen LogP contribution in [-0.4, -0.2) is 25.8 Å². The first-order valence-corrected chi connectivity index (χ1v) is 11.4. The van der Waals surface area contributed by atoms with Gasteiger partial charge in [-0.1, -0.05) is 11.6 Å². The molecule has 3 aromatic rings. The van der Waals surface area contributed by atoms with Crippen molar-refractivity contribution in [2.45, 2.75) is 11.8 Å². The van der Waals surface area contributed by atoms with E-state index in [1.807, 2.05) is 0 Å². The second-order valence-corrected chi connectivity index (χ2v) is 9.01. The van der Waals surface area contributed by atoms with Crippen molar-refractivity contribution in [1.29, 1.82) is 0 Å². The minimum absolute atomic E-state index is 0.0576. The number of nitro benzene ring substituents is 1. The number of hydrogen-bond donors (Lipinski definition) is 2. The molecule has 1 aliphatic rings. The van der Waals surface area contributed by atoms with Crippen LogP contribution < -0.4 is 19.6 Å². The van der Waals surface area contributed by atoms with Gasteiger partial charge in [-0.15, -0.1) is 0 Å². The highest BCUT2D eigenvalue weighted by Gasteiger charge is 2.23. The van der Waals surface area contributed by atoms with E-state index in [2.05, 4.69) is 15.2 Å². The normalized spacial score (nSPS) is 13.0. The first-order chi connectivity index (χ1) is 15.7. The van der Waals surface area contributed by atoms with Crippen LogP contribution in [0.15, 0.2) is 70.7 Å². The lowest BCUT2D eigenvalue weighted by Crippen LogP contribution is -2.15. The monoisotopic (exact) mass is 488 g/mol. The summed E-state index contributed by atoms with van der Waals surface area (Å²) in [6, 6.07) is 14.7. The van der Waals surface area contributed by atoms with Crippen molar-refractivity contribution in [3.8, 4) is 11.5 Å². The Morgan fingerprint density at radius 3 is 2.52 bits per heavy atom. The molecule has 12 heteroatoms. The Balaban J connectivity index is 1.65. The van der Waals surface area contributed by atoms with Gasteiger partial charge in [0.2, 0.25) is 6.79 Å². The number of nitrogens with zero attached hydrogens (tertiary/aromatic N) is 2. The van der Waals surface area contributed by atoms with E-state index in [9.17, 15) is 18.5 Å². The van der Waals surface area contributed by atoms with E-state index < -0.39 is 14.9 Å². The van der Waals surface area contributed by atoms with Gasteiger partial charge in [0.1, 0.15) is 4.90 Å². The highest BCUT2D eigenvalue weighted by molar-refractivity contribution is 7.92. The predicted octanol–water partition coefficient (Wildman–Crippen LogP) is 4.61. The number of ether oxygens (including phenoxy) is 2. The first kappa shape index (κ1) is 22.4. The van der Waals surface area contributed by atoms with Gasteiger partial charge in [0.05, 0.1) is 16.3 Å². The quantitative estimate of drug-likeness (QED) is 0.282. The van der Waals surface area contributed by atoms with E-state index in [-0.39, 0.29) is 28.8 Å². The average Bonchev–Trinajstić information content (AvgIpc) is 3.26. The topological polar surface area (TPSA) is 132 Å². The maximum Gasteiger partial charge on any atom is 0.270 e. The van der Waals surface area contributed by atoms with E-state index in [0.717, 1.165) is 11.6 Å². The molecule has 0 spiro atoms. The molecule has 0 unspecified atom stereocenters. The lowest BCUT2D eigenvalue weighted by molar-refractivity contribution is -0.385. The Morgan fingerprint density at radius 1 is 1.06 bits per heavy atom. The van der Waals surface area contributed by atoms with Gasteiger partial charge in [0, 0.05) is 28.4 Å². The van der Waals surface area contributed by atoms with Gasteiger partial charge in [-0.25, -0.2) is 8.42 Å². The Hall–Kier alpha value is -3.83. The number of hydrazone groups is 1. The molecule has 0 amide bonds. The van der Waals surface area contributed by atoms with Crippen LogP contribution >= 0.6 is 11.6 Å². The molecule has 1 heterocycles. The number of fused-ring (bicyclic) bond motifs is 1. The zero-order valence-electron chi connectivity index (χ0n) is 17.1. The molecule has 0 saturated carbocycles. The van der Waals surface area contributed by atoms with Gasteiger partial charge in [0.15, 0.2) is 11.5 Å². The zero-order valence-corrected chi connectivity index (χ0v) is 18.7. The molecule has 0 saturated heterocycles. The average molecular weight is 489 g/mol. The largest absolute Gasteiger partial charge is 0.454 e. The van der Waals surface area contributed by atoms with Crippen LogP contribution in [0.5, 0.6) is 11.5 Å². The molecular formula is C21H17ClN4O6S. The summed E-state index contributed by atoms with van der Waals surface area (Å²) < 4.78 is 39.1. The van der Waals surface area contributed by atoms with Crippen LogP contribution in [0.3, 0.4) is 0 Å². The lowest BCUT2D eigenvalue weighted by atomic mass is 10.1. The fourth-order valence-electron chi connectivity index (χ4n) is 3.00. The molecule has 10 nitrogen and oxygen atoms in total. The summed E-state index contributed by atoms with van der Waals surface area (Å²) in [6.07, 6.45) is 0. The number of hydrogen-bond acceptors (Lipinski definition) is 8. The van der Waals surface area contributed by atoms with Crippen molar-refractivity contribution in [3.05, 3.63) is 81.4 Å². The smallest absolute Gasteiger partial charge is 0.270 e. The molecule has 3 aromatic carbocycles. The van der Waals surface area contributed by atoms with Crippen LogP contribution in [0.4, 0.5) is 17.1 Å². The molecular weight excluding hydrogens is 472 g/mol. The number of rotatable bonds is 7. The van der Waals surface area contributed by atoms with Crippen molar-refractivity contribution in [2.24, 2.45) is 5.10 Å². The van der Waals surface area contributed by atoms with E-state index in [1.54, 1.807) is 25.1 Å². The zero-order chi connectivity index (χ0) is 23.6. The van der Waals surface area contributed by atoms with Crippen LogP contribution in [0.25, 0.3) is 0 Å². The van der Waals surface area contributed by atoms with Gasteiger partial charge >= 0.3 is 0 Å². The number of nitro groups is 1.